The average molecular weight is 328 g/mol. The van der Waals surface area contributed by atoms with E-state index in [1.54, 1.807) is 28.7 Å². The highest BCUT2D eigenvalue weighted by Gasteiger charge is 2.08. The predicted octanol–water partition coefficient (Wildman–Crippen LogP) is 4.61. The Morgan fingerprint density at radius 1 is 1.27 bits per heavy atom. The van der Waals surface area contributed by atoms with Gasteiger partial charge in [0.05, 0.1) is 21.3 Å². The van der Waals surface area contributed by atoms with Gasteiger partial charge in [0.2, 0.25) is 0 Å². The molecule has 0 unspecified atom stereocenters. The first-order chi connectivity index (χ1) is 10.8. The third-order valence-electron chi connectivity index (χ3n) is 3.11. The van der Waals surface area contributed by atoms with Crippen molar-refractivity contribution in [3.63, 3.8) is 0 Å². The second-order valence-corrected chi connectivity index (χ2v) is 6.64. The molecule has 0 saturated carbocycles. The molecule has 2 aromatic heterocycles. The summed E-state index contributed by atoms with van der Waals surface area (Å²) in [6, 6.07) is 10.0. The van der Waals surface area contributed by atoms with Gasteiger partial charge >= 0.3 is 0 Å². The van der Waals surface area contributed by atoms with E-state index in [9.17, 15) is 0 Å². The largest absolute Gasteiger partial charge is 0.487 e. The van der Waals surface area contributed by atoms with Crippen LogP contribution in [0.25, 0.3) is 10.6 Å². The first kappa shape index (κ1) is 14.8. The normalized spacial score (nSPS) is 10.5. The molecule has 2 heterocycles. The number of anilines is 1. The predicted molar refractivity (Wildman–Crippen MR) is 94.8 cm³/mol. The van der Waals surface area contributed by atoms with E-state index in [0.29, 0.717) is 18.0 Å². The van der Waals surface area contributed by atoms with Crippen LogP contribution < -0.4 is 10.5 Å². The Morgan fingerprint density at radius 3 is 2.91 bits per heavy atom. The molecule has 0 aliphatic heterocycles. The van der Waals surface area contributed by atoms with Gasteiger partial charge in [0.15, 0.2) is 0 Å². The highest BCUT2D eigenvalue weighted by atomic mass is 32.1. The zero-order valence-corrected chi connectivity index (χ0v) is 13.6. The van der Waals surface area contributed by atoms with E-state index in [2.05, 4.69) is 23.4 Å². The lowest BCUT2D eigenvalue weighted by Gasteiger charge is -2.08. The lowest BCUT2D eigenvalue weighted by molar-refractivity contribution is 0.365. The number of ether oxygens (including phenoxy) is 1. The number of rotatable bonds is 6. The van der Waals surface area contributed by atoms with Crippen molar-refractivity contribution < 1.29 is 4.74 Å². The van der Waals surface area contributed by atoms with Gasteiger partial charge in [-0.25, -0.2) is 4.98 Å². The van der Waals surface area contributed by atoms with Gasteiger partial charge in [0.25, 0.3) is 0 Å². The zero-order valence-electron chi connectivity index (χ0n) is 12.0. The number of hydrogen-bond acceptors (Lipinski definition) is 5. The molecule has 0 bridgehead atoms. The van der Waals surface area contributed by atoms with E-state index in [1.807, 2.05) is 24.3 Å². The van der Waals surface area contributed by atoms with Crippen molar-refractivity contribution in [1.82, 2.24) is 4.98 Å². The molecule has 0 saturated heterocycles. The maximum atomic E-state index is 6.02. The molecule has 112 valence electrons. The number of hydrogen-bond donors (Lipinski definition) is 1. The monoisotopic (exact) mass is 328 g/mol. The van der Waals surface area contributed by atoms with E-state index in [-0.39, 0.29) is 0 Å². The summed E-state index contributed by atoms with van der Waals surface area (Å²) >= 11 is 3.38. The Labute approximate surface area is 137 Å². The summed E-state index contributed by atoms with van der Waals surface area (Å²) in [4.78, 5) is 5.90. The smallest absolute Gasteiger partial charge is 0.142 e. The summed E-state index contributed by atoms with van der Waals surface area (Å²) in [5.41, 5.74) is 8.86. The molecule has 0 atom stereocenters. The number of nitrogens with two attached hydrogens (primary N) is 1. The van der Waals surface area contributed by atoms with Crippen LogP contribution in [-0.4, -0.2) is 11.6 Å². The Balaban J connectivity index is 1.73. The standard InChI is InChI=1S/C17H16N2OS2/c1-2-7-20-15-6-5-12(9-13(15)18)10-17-19-14(11-22-17)16-4-3-8-21-16/h2-6,8-9,11H,1,7,10,18H2. The molecule has 0 amide bonds. The highest BCUT2D eigenvalue weighted by Crippen LogP contribution is 2.28. The minimum atomic E-state index is 0.459. The van der Waals surface area contributed by atoms with Gasteiger partial charge in [-0.05, 0) is 29.1 Å². The second-order valence-electron chi connectivity index (χ2n) is 4.75. The van der Waals surface area contributed by atoms with E-state index in [0.717, 1.165) is 22.7 Å². The summed E-state index contributed by atoms with van der Waals surface area (Å²) in [7, 11) is 0. The molecule has 5 heteroatoms. The van der Waals surface area contributed by atoms with Crippen molar-refractivity contribution in [3.8, 4) is 16.3 Å². The molecule has 0 radical (unpaired) electrons. The molecule has 2 N–H and O–H groups in total. The fourth-order valence-electron chi connectivity index (χ4n) is 2.09. The third-order valence-corrected chi connectivity index (χ3v) is 4.85. The van der Waals surface area contributed by atoms with Crippen LogP contribution in [0.15, 0.2) is 53.7 Å². The van der Waals surface area contributed by atoms with Crippen LogP contribution in [0.2, 0.25) is 0 Å². The van der Waals surface area contributed by atoms with Crippen molar-refractivity contribution in [2.24, 2.45) is 0 Å². The summed E-state index contributed by atoms with van der Waals surface area (Å²) in [6.45, 7) is 4.09. The van der Waals surface area contributed by atoms with Crippen LogP contribution in [0.1, 0.15) is 10.6 Å². The SMILES string of the molecule is C=CCOc1ccc(Cc2nc(-c3cccs3)cs2)cc1N. The second kappa shape index (κ2) is 6.77. The van der Waals surface area contributed by atoms with Crippen LogP contribution in [0.4, 0.5) is 5.69 Å². The summed E-state index contributed by atoms with van der Waals surface area (Å²) < 4.78 is 5.49. The number of nitrogens with zero attached hydrogens (tertiary/aromatic N) is 1. The van der Waals surface area contributed by atoms with Gasteiger partial charge in [-0.2, -0.15) is 0 Å². The Bertz CT molecular complexity index is 763. The first-order valence-corrected chi connectivity index (χ1v) is 8.62. The zero-order chi connectivity index (χ0) is 15.4. The van der Waals surface area contributed by atoms with Crippen molar-refractivity contribution >= 4 is 28.4 Å². The third kappa shape index (κ3) is 3.37. The molecular formula is C17H16N2OS2. The van der Waals surface area contributed by atoms with Gasteiger partial charge in [-0.15, -0.1) is 22.7 Å². The van der Waals surface area contributed by atoms with Crippen LogP contribution in [-0.2, 0) is 6.42 Å². The van der Waals surface area contributed by atoms with E-state index < -0.39 is 0 Å². The molecule has 22 heavy (non-hydrogen) atoms. The molecule has 1 aromatic carbocycles. The molecule has 0 aliphatic rings. The molecule has 3 nitrogen and oxygen atoms in total. The summed E-state index contributed by atoms with van der Waals surface area (Å²) in [5, 5.41) is 5.26. The van der Waals surface area contributed by atoms with Gasteiger partial charge in [0.1, 0.15) is 12.4 Å². The minimum absolute atomic E-state index is 0.459. The topological polar surface area (TPSA) is 48.1 Å². The highest BCUT2D eigenvalue weighted by molar-refractivity contribution is 7.14. The van der Waals surface area contributed by atoms with Gasteiger partial charge in [0, 0.05) is 11.8 Å². The molecule has 0 aliphatic carbocycles. The van der Waals surface area contributed by atoms with Crippen molar-refractivity contribution in [2.75, 3.05) is 12.3 Å². The molecule has 0 spiro atoms. The van der Waals surface area contributed by atoms with Gasteiger partial charge in [-0.1, -0.05) is 24.8 Å². The van der Waals surface area contributed by atoms with E-state index >= 15 is 0 Å². The number of benzene rings is 1. The Kier molecular flexibility index (Phi) is 4.56. The Morgan fingerprint density at radius 2 is 2.18 bits per heavy atom. The quantitative estimate of drug-likeness (QED) is 0.531. The van der Waals surface area contributed by atoms with E-state index in [1.165, 1.54) is 4.88 Å². The molecule has 3 rings (SSSR count). The molecular weight excluding hydrogens is 312 g/mol. The van der Waals surface area contributed by atoms with Crippen LogP contribution in [0.5, 0.6) is 5.75 Å². The average Bonchev–Trinajstić information content (AvgIpc) is 3.17. The molecule has 0 fully saturated rings. The fourth-order valence-corrected chi connectivity index (χ4v) is 3.68. The van der Waals surface area contributed by atoms with Gasteiger partial charge in [-0.3, -0.25) is 0 Å². The van der Waals surface area contributed by atoms with Crippen molar-refractivity contribution in [1.29, 1.82) is 0 Å². The number of thiophene rings is 1. The van der Waals surface area contributed by atoms with Gasteiger partial charge < -0.3 is 10.5 Å². The van der Waals surface area contributed by atoms with Crippen molar-refractivity contribution in [2.45, 2.75) is 6.42 Å². The summed E-state index contributed by atoms with van der Waals surface area (Å²) in [5.74, 6) is 0.696. The number of aromatic nitrogens is 1. The number of nitrogen functional groups attached to an aromatic ring is 1. The molecule has 3 aromatic rings. The fraction of sp³-hybridized carbons (Fsp3) is 0.118. The first-order valence-electron chi connectivity index (χ1n) is 6.86. The maximum absolute atomic E-state index is 6.02. The lowest BCUT2D eigenvalue weighted by Crippen LogP contribution is -1.99. The Hall–Kier alpha value is -2.11. The maximum Gasteiger partial charge on any atom is 0.142 e. The van der Waals surface area contributed by atoms with Crippen molar-refractivity contribution in [3.05, 3.63) is 64.3 Å². The van der Waals surface area contributed by atoms with Crippen LogP contribution >= 0.6 is 22.7 Å². The van der Waals surface area contributed by atoms with Crippen LogP contribution in [0, 0.1) is 0 Å². The lowest BCUT2D eigenvalue weighted by atomic mass is 10.1. The summed E-state index contributed by atoms with van der Waals surface area (Å²) in [6.07, 6.45) is 2.48. The van der Waals surface area contributed by atoms with Crippen LogP contribution in [0.3, 0.4) is 0 Å². The van der Waals surface area contributed by atoms with E-state index in [4.69, 9.17) is 15.5 Å². The minimum Gasteiger partial charge on any atom is -0.487 e. The number of thiazole rings is 1.